The van der Waals surface area contributed by atoms with Crippen LogP contribution in [0.15, 0.2) is 36.4 Å². The van der Waals surface area contributed by atoms with Crippen LogP contribution < -0.4 is 5.32 Å². The summed E-state index contributed by atoms with van der Waals surface area (Å²) in [6.07, 6.45) is 1.04. The Morgan fingerprint density at radius 3 is 2.79 bits per heavy atom. The molecule has 1 heterocycles. The molecule has 1 aromatic carbocycles. The van der Waals surface area contributed by atoms with Gasteiger partial charge in [0.25, 0.3) is 5.69 Å². The molecule has 0 bridgehead atoms. The number of thiophene rings is 1. The largest absolute Gasteiger partial charge is 0.378 e. The lowest BCUT2D eigenvalue weighted by atomic mass is 10.2. The van der Waals surface area contributed by atoms with Gasteiger partial charge in [-0.25, -0.2) is 0 Å². The molecular formula is C14H16N2O2S. The van der Waals surface area contributed by atoms with Crippen LogP contribution >= 0.6 is 11.3 Å². The minimum atomic E-state index is -0.379. The molecule has 0 aliphatic rings. The molecule has 0 saturated heterocycles. The molecule has 2 aromatic rings. The summed E-state index contributed by atoms with van der Waals surface area (Å²) < 4.78 is 0. The van der Waals surface area contributed by atoms with Crippen molar-refractivity contribution in [3.05, 3.63) is 56.3 Å². The minimum Gasteiger partial charge on any atom is -0.378 e. The number of hydrogen-bond donors (Lipinski definition) is 1. The van der Waals surface area contributed by atoms with Gasteiger partial charge in [-0.2, -0.15) is 0 Å². The molecule has 5 heteroatoms. The zero-order chi connectivity index (χ0) is 13.8. The van der Waals surface area contributed by atoms with Crippen LogP contribution in [0, 0.1) is 10.1 Å². The van der Waals surface area contributed by atoms with E-state index in [1.165, 1.54) is 15.8 Å². The molecule has 1 aromatic heterocycles. The van der Waals surface area contributed by atoms with E-state index in [-0.39, 0.29) is 16.7 Å². The fourth-order valence-corrected chi connectivity index (χ4v) is 2.80. The van der Waals surface area contributed by atoms with Gasteiger partial charge in [0.1, 0.15) is 0 Å². The smallest absolute Gasteiger partial charge is 0.271 e. The molecule has 0 aliphatic carbocycles. The van der Waals surface area contributed by atoms with Gasteiger partial charge in [-0.05, 0) is 31.5 Å². The van der Waals surface area contributed by atoms with Gasteiger partial charge in [-0.3, -0.25) is 10.1 Å². The molecular weight excluding hydrogens is 260 g/mol. The molecule has 4 nitrogen and oxygen atoms in total. The topological polar surface area (TPSA) is 55.2 Å². The molecule has 1 atom stereocenters. The van der Waals surface area contributed by atoms with E-state index in [9.17, 15) is 10.1 Å². The third-order valence-electron chi connectivity index (χ3n) is 2.90. The third kappa shape index (κ3) is 3.32. The summed E-state index contributed by atoms with van der Waals surface area (Å²) in [4.78, 5) is 12.9. The lowest BCUT2D eigenvalue weighted by Crippen LogP contribution is -2.04. The van der Waals surface area contributed by atoms with Gasteiger partial charge in [0.15, 0.2) is 0 Å². The highest BCUT2D eigenvalue weighted by Gasteiger charge is 2.10. The predicted molar refractivity (Wildman–Crippen MR) is 78.8 cm³/mol. The maximum atomic E-state index is 10.7. The monoisotopic (exact) mass is 276 g/mol. The normalized spacial score (nSPS) is 12.1. The van der Waals surface area contributed by atoms with Gasteiger partial charge in [-0.1, -0.05) is 13.0 Å². The van der Waals surface area contributed by atoms with Crippen LogP contribution in [0.2, 0.25) is 0 Å². The van der Waals surface area contributed by atoms with Crippen LogP contribution in [0.3, 0.4) is 0 Å². The van der Waals surface area contributed by atoms with E-state index in [2.05, 4.69) is 31.3 Å². The van der Waals surface area contributed by atoms with Crippen LogP contribution in [0.5, 0.6) is 0 Å². The molecule has 2 rings (SSSR count). The van der Waals surface area contributed by atoms with Crippen molar-refractivity contribution in [2.24, 2.45) is 0 Å². The highest BCUT2D eigenvalue weighted by atomic mass is 32.1. The Balaban J connectivity index is 2.12. The zero-order valence-electron chi connectivity index (χ0n) is 10.9. The van der Waals surface area contributed by atoms with Crippen molar-refractivity contribution in [3.63, 3.8) is 0 Å². The van der Waals surface area contributed by atoms with E-state index >= 15 is 0 Å². The van der Waals surface area contributed by atoms with Crippen molar-refractivity contribution in [1.29, 1.82) is 0 Å². The first kappa shape index (κ1) is 13.5. The van der Waals surface area contributed by atoms with Crippen LogP contribution in [-0.2, 0) is 6.42 Å². The number of nitro benzene ring substituents is 1. The van der Waals surface area contributed by atoms with Crippen molar-refractivity contribution >= 4 is 22.7 Å². The minimum absolute atomic E-state index is 0.109. The first-order chi connectivity index (χ1) is 9.10. The SMILES string of the molecule is CCc1ccc(C(C)Nc2cccc([N+](=O)[O-])c2)s1. The van der Waals surface area contributed by atoms with Crippen LogP contribution in [-0.4, -0.2) is 4.92 Å². The summed E-state index contributed by atoms with van der Waals surface area (Å²) in [5.74, 6) is 0. The van der Waals surface area contributed by atoms with Gasteiger partial charge in [0, 0.05) is 27.6 Å². The first-order valence-electron chi connectivity index (χ1n) is 6.19. The van der Waals surface area contributed by atoms with E-state index in [0.29, 0.717) is 0 Å². The van der Waals surface area contributed by atoms with Gasteiger partial charge in [0.05, 0.1) is 11.0 Å². The number of nitro groups is 1. The quantitative estimate of drug-likeness (QED) is 0.650. The fourth-order valence-electron chi connectivity index (χ4n) is 1.85. The van der Waals surface area contributed by atoms with Gasteiger partial charge in [-0.15, -0.1) is 11.3 Å². The van der Waals surface area contributed by atoms with Crippen molar-refractivity contribution in [3.8, 4) is 0 Å². The number of hydrogen-bond acceptors (Lipinski definition) is 4. The average molecular weight is 276 g/mol. The Kier molecular flexibility index (Phi) is 4.16. The summed E-state index contributed by atoms with van der Waals surface area (Å²) in [7, 11) is 0. The van der Waals surface area contributed by atoms with E-state index in [0.717, 1.165) is 12.1 Å². The van der Waals surface area contributed by atoms with Crippen molar-refractivity contribution in [2.75, 3.05) is 5.32 Å². The Hall–Kier alpha value is -1.88. The van der Waals surface area contributed by atoms with E-state index < -0.39 is 0 Å². The van der Waals surface area contributed by atoms with E-state index in [4.69, 9.17) is 0 Å². The average Bonchev–Trinajstić information content (AvgIpc) is 2.88. The fraction of sp³-hybridized carbons (Fsp3) is 0.286. The Morgan fingerprint density at radius 2 is 2.16 bits per heavy atom. The predicted octanol–water partition coefficient (Wildman–Crippen LogP) is 4.39. The van der Waals surface area contributed by atoms with Crippen LogP contribution in [0.25, 0.3) is 0 Å². The van der Waals surface area contributed by atoms with Crippen molar-refractivity contribution < 1.29 is 4.92 Å². The number of non-ortho nitro benzene ring substituents is 1. The van der Waals surface area contributed by atoms with E-state index in [1.807, 2.05) is 6.07 Å². The Bertz CT molecular complexity index is 580. The summed E-state index contributed by atoms with van der Waals surface area (Å²) in [5, 5.41) is 14.0. The number of rotatable bonds is 5. The summed E-state index contributed by atoms with van der Waals surface area (Å²) in [6.45, 7) is 4.19. The second kappa shape index (κ2) is 5.84. The van der Waals surface area contributed by atoms with Gasteiger partial charge >= 0.3 is 0 Å². The van der Waals surface area contributed by atoms with Crippen LogP contribution in [0.4, 0.5) is 11.4 Å². The highest BCUT2D eigenvalue weighted by Crippen LogP contribution is 2.27. The van der Waals surface area contributed by atoms with Gasteiger partial charge < -0.3 is 5.32 Å². The molecule has 100 valence electrons. The molecule has 0 saturated carbocycles. The van der Waals surface area contributed by atoms with Crippen molar-refractivity contribution in [1.82, 2.24) is 0 Å². The maximum absolute atomic E-state index is 10.7. The first-order valence-corrected chi connectivity index (χ1v) is 7.01. The lowest BCUT2D eigenvalue weighted by molar-refractivity contribution is -0.384. The van der Waals surface area contributed by atoms with Gasteiger partial charge in [0.2, 0.25) is 0 Å². The summed E-state index contributed by atoms with van der Waals surface area (Å²) >= 11 is 1.77. The molecule has 19 heavy (non-hydrogen) atoms. The zero-order valence-corrected chi connectivity index (χ0v) is 11.7. The molecule has 1 N–H and O–H groups in total. The van der Waals surface area contributed by atoms with Crippen molar-refractivity contribution in [2.45, 2.75) is 26.3 Å². The molecule has 0 spiro atoms. The highest BCUT2D eigenvalue weighted by molar-refractivity contribution is 7.12. The summed E-state index contributed by atoms with van der Waals surface area (Å²) in [6, 6.07) is 11.0. The lowest BCUT2D eigenvalue weighted by Gasteiger charge is -2.13. The molecule has 0 aliphatic heterocycles. The van der Waals surface area contributed by atoms with Crippen LogP contribution in [0.1, 0.15) is 29.6 Å². The molecule has 1 unspecified atom stereocenters. The molecule has 0 amide bonds. The number of anilines is 1. The van der Waals surface area contributed by atoms with E-state index in [1.54, 1.807) is 23.5 Å². The maximum Gasteiger partial charge on any atom is 0.271 e. The Morgan fingerprint density at radius 1 is 1.37 bits per heavy atom. The standard InChI is InChI=1S/C14H16N2O2S/c1-3-13-7-8-14(19-13)10(2)15-11-5-4-6-12(9-11)16(17)18/h4-10,15H,3H2,1-2H3. The second-order valence-electron chi connectivity index (χ2n) is 4.33. The number of nitrogens with one attached hydrogen (secondary N) is 1. The Labute approximate surface area is 116 Å². The molecule has 0 fully saturated rings. The number of nitrogens with zero attached hydrogens (tertiary/aromatic N) is 1. The third-order valence-corrected chi connectivity index (χ3v) is 4.31. The number of aryl methyl sites for hydroxylation is 1. The number of benzene rings is 1. The summed E-state index contributed by atoms with van der Waals surface area (Å²) in [5.41, 5.74) is 0.880. The second-order valence-corrected chi connectivity index (χ2v) is 5.53. The molecule has 0 radical (unpaired) electrons.